The van der Waals surface area contributed by atoms with Crippen molar-refractivity contribution in [1.82, 2.24) is 5.32 Å². The Morgan fingerprint density at radius 3 is 2.65 bits per heavy atom. The van der Waals surface area contributed by atoms with Crippen molar-refractivity contribution < 1.29 is 14.3 Å². The van der Waals surface area contributed by atoms with Crippen LogP contribution in [0.25, 0.3) is 6.08 Å². The van der Waals surface area contributed by atoms with Gasteiger partial charge >= 0.3 is 0 Å². The molecule has 0 saturated heterocycles. The van der Waals surface area contributed by atoms with Crippen molar-refractivity contribution in [2.75, 3.05) is 6.61 Å². The van der Waals surface area contributed by atoms with Gasteiger partial charge in [0.2, 0.25) is 5.91 Å². The van der Waals surface area contributed by atoms with Crippen LogP contribution >= 0.6 is 0 Å². The number of aliphatic hydroxyl groups excluding tert-OH is 1. The van der Waals surface area contributed by atoms with Gasteiger partial charge in [0.1, 0.15) is 5.82 Å². The first-order valence-electron chi connectivity index (χ1n) is 7.59. The van der Waals surface area contributed by atoms with Gasteiger partial charge in [-0.3, -0.25) is 4.79 Å². The van der Waals surface area contributed by atoms with E-state index in [-0.39, 0.29) is 24.4 Å². The van der Waals surface area contributed by atoms with E-state index in [1.807, 2.05) is 30.3 Å². The first kappa shape index (κ1) is 16.9. The smallest absolute Gasteiger partial charge is 0.244 e. The molecule has 0 fully saturated rings. The van der Waals surface area contributed by atoms with E-state index >= 15 is 0 Å². The molecule has 0 spiro atoms. The molecule has 1 amide bonds. The maximum Gasteiger partial charge on any atom is 0.244 e. The van der Waals surface area contributed by atoms with Gasteiger partial charge in [0, 0.05) is 12.7 Å². The number of carbonyl (C=O) groups excluding carboxylic acids is 1. The topological polar surface area (TPSA) is 49.3 Å². The summed E-state index contributed by atoms with van der Waals surface area (Å²) in [6.07, 6.45) is 4.23. The molecular formula is C19H20FNO2. The van der Waals surface area contributed by atoms with Crippen LogP contribution < -0.4 is 5.32 Å². The molecule has 120 valence electrons. The summed E-state index contributed by atoms with van der Waals surface area (Å²) in [5.41, 5.74) is 1.63. The van der Waals surface area contributed by atoms with Crippen LogP contribution in [0.2, 0.25) is 0 Å². The van der Waals surface area contributed by atoms with Gasteiger partial charge in [0.25, 0.3) is 0 Å². The minimum atomic E-state index is -0.335. The van der Waals surface area contributed by atoms with Crippen molar-refractivity contribution in [2.45, 2.75) is 18.9 Å². The molecule has 4 heteroatoms. The summed E-state index contributed by atoms with van der Waals surface area (Å²) in [4.78, 5) is 12.1. The fourth-order valence-corrected chi connectivity index (χ4v) is 2.30. The first-order chi connectivity index (χ1) is 11.2. The minimum Gasteiger partial charge on any atom is -0.396 e. The molecule has 0 heterocycles. The van der Waals surface area contributed by atoms with E-state index < -0.39 is 0 Å². The van der Waals surface area contributed by atoms with Gasteiger partial charge in [-0.2, -0.15) is 0 Å². The third kappa shape index (κ3) is 5.68. The second kappa shape index (κ2) is 8.86. The lowest BCUT2D eigenvalue weighted by molar-refractivity contribution is -0.117. The van der Waals surface area contributed by atoms with Gasteiger partial charge in [0.05, 0.1) is 6.04 Å². The molecule has 0 radical (unpaired) electrons. The zero-order chi connectivity index (χ0) is 16.5. The van der Waals surface area contributed by atoms with Gasteiger partial charge in [0.15, 0.2) is 0 Å². The van der Waals surface area contributed by atoms with Crippen molar-refractivity contribution in [1.29, 1.82) is 0 Å². The van der Waals surface area contributed by atoms with E-state index in [1.165, 1.54) is 18.2 Å². The maximum absolute atomic E-state index is 13.1. The number of hydrogen-bond acceptors (Lipinski definition) is 2. The summed E-state index contributed by atoms with van der Waals surface area (Å²) < 4.78 is 13.1. The van der Waals surface area contributed by atoms with E-state index in [0.29, 0.717) is 18.4 Å². The van der Waals surface area contributed by atoms with Crippen molar-refractivity contribution >= 4 is 12.0 Å². The van der Waals surface area contributed by atoms with E-state index in [2.05, 4.69) is 5.32 Å². The summed E-state index contributed by atoms with van der Waals surface area (Å²) in [5, 5.41) is 11.9. The molecule has 2 rings (SSSR count). The van der Waals surface area contributed by atoms with Crippen LogP contribution in [0.3, 0.4) is 0 Å². The molecule has 1 atom stereocenters. The zero-order valence-electron chi connectivity index (χ0n) is 12.8. The predicted octanol–water partition coefficient (Wildman–Crippen LogP) is 3.47. The summed E-state index contributed by atoms with van der Waals surface area (Å²) in [6, 6.07) is 15.5. The third-order valence-corrected chi connectivity index (χ3v) is 3.45. The SMILES string of the molecule is O=C(/C=C/c1cccc(F)c1)NC(CCCO)c1ccccc1. The molecule has 2 N–H and O–H groups in total. The van der Waals surface area contributed by atoms with Crippen molar-refractivity contribution in [3.05, 3.63) is 77.6 Å². The Labute approximate surface area is 135 Å². The number of rotatable bonds is 7. The molecule has 0 aliphatic carbocycles. The molecule has 0 aliphatic heterocycles. The summed E-state index contributed by atoms with van der Waals surface area (Å²) >= 11 is 0. The second-order valence-electron chi connectivity index (χ2n) is 5.23. The molecule has 2 aromatic carbocycles. The lowest BCUT2D eigenvalue weighted by Gasteiger charge is -2.18. The summed E-state index contributed by atoms with van der Waals surface area (Å²) in [7, 11) is 0. The Kier molecular flexibility index (Phi) is 6.51. The van der Waals surface area contributed by atoms with Gasteiger partial charge in [-0.1, -0.05) is 42.5 Å². The van der Waals surface area contributed by atoms with Gasteiger partial charge in [-0.05, 0) is 42.2 Å². The van der Waals surface area contributed by atoms with E-state index in [1.54, 1.807) is 18.2 Å². The van der Waals surface area contributed by atoms with Crippen LogP contribution in [-0.4, -0.2) is 17.6 Å². The Bertz CT molecular complexity index is 655. The van der Waals surface area contributed by atoms with E-state index in [4.69, 9.17) is 5.11 Å². The number of aliphatic hydroxyl groups is 1. The largest absolute Gasteiger partial charge is 0.396 e. The van der Waals surface area contributed by atoms with Gasteiger partial charge < -0.3 is 10.4 Å². The monoisotopic (exact) mass is 313 g/mol. The van der Waals surface area contributed by atoms with Crippen LogP contribution in [-0.2, 0) is 4.79 Å². The predicted molar refractivity (Wildman–Crippen MR) is 89.1 cm³/mol. The highest BCUT2D eigenvalue weighted by atomic mass is 19.1. The third-order valence-electron chi connectivity index (χ3n) is 3.45. The molecule has 1 unspecified atom stereocenters. The van der Waals surface area contributed by atoms with E-state index in [0.717, 1.165) is 5.56 Å². The molecule has 0 saturated carbocycles. The molecule has 3 nitrogen and oxygen atoms in total. The number of nitrogens with one attached hydrogen (secondary N) is 1. The number of carbonyl (C=O) groups is 1. The lowest BCUT2D eigenvalue weighted by Crippen LogP contribution is -2.27. The Balaban J connectivity index is 2.02. The van der Waals surface area contributed by atoms with Gasteiger partial charge in [-0.15, -0.1) is 0 Å². The van der Waals surface area contributed by atoms with Crippen molar-refractivity contribution in [3.63, 3.8) is 0 Å². The van der Waals surface area contributed by atoms with E-state index in [9.17, 15) is 9.18 Å². The number of hydrogen-bond donors (Lipinski definition) is 2. The van der Waals surface area contributed by atoms with Crippen LogP contribution in [0, 0.1) is 5.82 Å². The molecular weight excluding hydrogens is 293 g/mol. The quantitative estimate of drug-likeness (QED) is 0.769. The Morgan fingerprint density at radius 1 is 1.17 bits per heavy atom. The van der Waals surface area contributed by atoms with Crippen LogP contribution in [0.15, 0.2) is 60.7 Å². The van der Waals surface area contributed by atoms with Crippen LogP contribution in [0.4, 0.5) is 4.39 Å². The van der Waals surface area contributed by atoms with Gasteiger partial charge in [-0.25, -0.2) is 4.39 Å². The molecule has 0 aliphatic rings. The highest BCUT2D eigenvalue weighted by Gasteiger charge is 2.12. The molecule has 0 bridgehead atoms. The Morgan fingerprint density at radius 2 is 1.96 bits per heavy atom. The summed E-state index contributed by atoms with van der Waals surface area (Å²) in [5.74, 6) is -0.585. The highest BCUT2D eigenvalue weighted by molar-refractivity contribution is 5.92. The standard InChI is InChI=1S/C19H20FNO2/c20-17-9-4-6-15(14-17)11-12-19(23)21-18(10-5-13-22)16-7-2-1-3-8-16/h1-4,6-9,11-12,14,18,22H,5,10,13H2,(H,21,23)/b12-11+. The zero-order valence-corrected chi connectivity index (χ0v) is 12.8. The maximum atomic E-state index is 13.1. The number of amides is 1. The first-order valence-corrected chi connectivity index (χ1v) is 7.59. The second-order valence-corrected chi connectivity index (χ2v) is 5.23. The van der Waals surface area contributed by atoms with Crippen molar-refractivity contribution in [2.24, 2.45) is 0 Å². The molecule has 0 aromatic heterocycles. The fraction of sp³-hybridized carbons (Fsp3) is 0.211. The number of benzene rings is 2. The normalized spacial score (nSPS) is 12.3. The highest BCUT2D eigenvalue weighted by Crippen LogP contribution is 2.18. The van der Waals surface area contributed by atoms with Crippen LogP contribution in [0.1, 0.15) is 30.0 Å². The molecule has 23 heavy (non-hydrogen) atoms. The number of halogens is 1. The average Bonchev–Trinajstić information content (AvgIpc) is 2.57. The molecule has 2 aromatic rings. The fourth-order valence-electron chi connectivity index (χ4n) is 2.30. The summed E-state index contributed by atoms with van der Waals surface area (Å²) in [6.45, 7) is 0.0817. The lowest BCUT2D eigenvalue weighted by atomic mass is 10.0. The van der Waals surface area contributed by atoms with Crippen molar-refractivity contribution in [3.8, 4) is 0 Å². The Hall–Kier alpha value is -2.46. The average molecular weight is 313 g/mol. The minimum absolute atomic E-state index is 0.0817. The van der Waals surface area contributed by atoms with Crippen LogP contribution in [0.5, 0.6) is 0 Å².